The molecular weight excluding hydrogens is 392 g/mol. The van der Waals surface area contributed by atoms with E-state index in [9.17, 15) is 8.78 Å². The van der Waals surface area contributed by atoms with Gasteiger partial charge in [0, 0.05) is 23.4 Å². The van der Waals surface area contributed by atoms with Crippen molar-refractivity contribution in [1.82, 2.24) is 14.8 Å². The number of nitrogens with zero attached hydrogens (tertiary/aromatic N) is 3. The fourth-order valence-electron chi connectivity index (χ4n) is 3.82. The van der Waals surface area contributed by atoms with Crippen LogP contribution in [0.1, 0.15) is 43.7 Å². The van der Waals surface area contributed by atoms with Gasteiger partial charge in [0.1, 0.15) is 17.4 Å². The lowest BCUT2D eigenvalue weighted by Crippen LogP contribution is -2.15. The molecule has 1 aliphatic carbocycles. The van der Waals surface area contributed by atoms with E-state index >= 15 is 0 Å². The number of rotatable bonds is 6. The lowest BCUT2D eigenvalue weighted by atomic mass is 9.95. The minimum absolute atomic E-state index is 0.336. The molecule has 1 fully saturated rings. The quantitative estimate of drug-likeness (QED) is 0.461. The third-order valence-corrected chi connectivity index (χ3v) is 6.26. The summed E-state index contributed by atoms with van der Waals surface area (Å²) in [6.45, 7) is 0. The maximum absolute atomic E-state index is 13.5. The number of benzene rings is 2. The Morgan fingerprint density at radius 3 is 2.34 bits per heavy atom. The summed E-state index contributed by atoms with van der Waals surface area (Å²) in [5, 5.41) is 9.68. The van der Waals surface area contributed by atoms with Crippen LogP contribution >= 0.6 is 11.8 Å². The molecule has 1 saturated carbocycles. The van der Waals surface area contributed by atoms with Crippen molar-refractivity contribution < 1.29 is 13.5 Å². The zero-order valence-corrected chi connectivity index (χ0v) is 17.1. The molecule has 0 spiro atoms. The normalized spacial score (nSPS) is 14.9. The second-order valence-corrected chi connectivity index (χ2v) is 8.21. The van der Waals surface area contributed by atoms with Crippen molar-refractivity contribution in [3.63, 3.8) is 0 Å². The minimum Gasteiger partial charge on any atom is -0.497 e. The largest absolute Gasteiger partial charge is 0.497 e. The van der Waals surface area contributed by atoms with Crippen molar-refractivity contribution in [2.45, 2.75) is 49.1 Å². The van der Waals surface area contributed by atoms with Crippen molar-refractivity contribution in [1.29, 1.82) is 0 Å². The molecule has 0 radical (unpaired) electrons. The second-order valence-electron chi connectivity index (χ2n) is 7.26. The summed E-state index contributed by atoms with van der Waals surface area (Å²) in [6.07, 6.45) is 5.79. The van der Waals surface area contributed by atoms with Crippen molar-refractivity contribution in [3.05, 3.63) is 59.7 Å². The Balaban J connectivity index is 1.64. The molecule has 0 aliphatic heterocycles. The molecule has 0 bridgehead atoms. The van der Waals surface area contributed by atoms with E-state index in [2.05, 4.69) is 14.8 Å². The molecule has 2 aromatic carbocycles. The first kappa shape index (κ1) is 19.9. The Hall–Kier alpha value is -2.41. The van der Waals surface area contributed by atoms with Crippen LogP contribution in [-0.2, 0) is 5.75 Å². The van der Waals surface area contributed by atoms with Crippen molar-refractivity contribution in [2.24, 2.45) is 0 Å². The number of thioether (sulfide) groups is 1. The number of aromatic nitrogens is 3. The fourth-order valence-corrected chi connectivity index (χ4v) is 4.76. The van der Waals surface area contributed by atoms with Crippen LogP contribution in [-0.4, -0.2) is 21.9 Å². The van der Waals surface area contributed by atoms with Gasteiger partial charge in [-0.1, -0.05) is 31.0 Å². The second kappa shape index (κ2) is 8.95. The first-order valence-electron chi connectivity index (χ1n) is 9.81. The highest BCUT2D eigenvalue weighted by Crippen LogP contribution is 2.36. The zero-order chi connectivity index (χ0) is 20.2. The molecule has 152 valence electrons. The Bertz CT molecular complexity index is 948. The molecule has 4 nitrogen and oxygen atoms in total. The van der Waals surface area contributed by atoms with Crippen LogP contribution in [0.25, 0.3) is 11.4 Å². The van der Waals surface area contributed by atoms with E-state index in [0.29, 0.717) is 17.4 Å². The first-order chi connectivity index (χ1) is 14.1. The average molecular weight is 416 g/mol. The van der Waals surface area contributed by atoms with Gasteiger partial charge in [0.15, 0.2) is 11.0 Å². The molecule has 0 N–H and O–H groups in total. The first-order valence-corrected chi connectivity index (χ1v) is 10.8. The predicted molar refractivity (Wildman–Crippen MR) is 110 cm³/mol. The summed E-state index contributed by atoms with van der Waals surface area (Å²) in [7, 11) is 1.64. The maximum atomic E-state index is 13.5. The summed E-state index contributed by atoms with van der Waals surface area (Å²) in [6, 6.07) is 11.7. The van der Waals surface area contributed by atoms with Crippen molar-refractivity contribution in [3.8, 4) is 17.1 Å². The lowest BCUT2D eigenvalue weighted by Gasteiger charge is -2.25. The third-order valence-electron chi connectivity index (χ3n) is 5.24. The lowest BCUT2D eigenvalue weighted by molar-refractivity contribution is 0.339. The highest BCUT2D eigenvalue weighted by Gasteiger charge is 2.24. The van der Waals surface area contributed by atoms with Crippen LogP contribution in [0.2, 0.25) is 0 Å². The van der Waals surface area contributed by atoms with Crippen LogP contribution < -0.4 is 4.74 Å². The highest BCUT2D eigenvalue weighted by molar-refractivity contribution is 7.98. The van der Waals surface area contributed by atoms with Gasteiger partial charge in [-0.05, 0) is 54.8 Å². The van der Waals surface area contributed by atoms with Gasteiger partial charge in [-0.25, -0.2) is 8.78 Å². The Labute approximate surface area is 173 Å². The van der Waals surface area contributed by atoms with Crippen LogP contribution in [0.15, 0.2) is 47.6 Å². The Morgan fingerprint density at radius 1 is 1.00 bits per heavy atom. The molecule has 1 heterocycles. The van der Waals surface area contributed by atoms with Gasteiger partial charge in [-0.2, -0.15) is 0 Å². The smallest absolute Gasteiger partial charge is 0.192 e. The van der Waals surface area contributed by atoms with Gasteiger partial charge in [0.2, 0.25) is 0 Å². The molecule has 1 aromatic heterocycles. The summed E-state index contributed by atoms with van der Waals surface area (Å²) < 4.78 is 34.5. The van der Waals surface area contributed by atoms with Gasteiger partial charge >= 0.3 is 0 Å². The molecule has 4 rings (SSSR count). The van der Waals surface area contributed by atoms with E-state index in [1.807, 2.05) is 24.3 Å². The summed E-state index contributed by atoms with van der Waals surface area (Å²) in [5.74, 6) is 0.927. The zero-order valence-electron chi connectivity index (χ0n) is 16.3. The van der Waals surface area contributed by atoms with Crippen LogP contribution in [0, 0.1) is 11.6 Å². The average Bonchev–Trinajstić information content (AvgIpc) is 3.16. The Kier molecular flexibility index (Phi) is 6.13. The SMILES string of the molecule is COc1ccc(-c2nnc(SCc3cc(F)cc(F)c3)n2C2CCCCC2)cc1. The van der Waals surface area contributed by atoms with E-state index < -0.39 is 11.6 Å². The van der Waals surface area contributed by atoms with Crippen LogP contribution in [0.3, 0.4) is 0 Å². The van der Waals surface area contributed by atoms with E-state index in [4.69, 9.17) is 4.74 Å². The molecule has 0 unspecified atom stereocenters. The van der Waals surface area contributed by atoms with Crippen molar-refractivity contribution in [2.75, 3.05) is 7.11 Å². The molecular formula is C22H23F2N3OS. The molecule has 29 heavy (non-hydrogen) atoms. The van der Waals surface area contributed by atoms with Gasteiger partial charge in [-0.3, -0.25) is 4.57 Å². The summed E-state index contributed by atoms with van der Waals surface area (Å²) >= 11 is 1.47. The Morgan fingerprint density at radius 2 is 1.69 bits per heavy atom. The van der Waals surface area contributed by atoms with E-state index in [1.165, 1.54) is 43.2 Å². The highest BCUT2D eigenvalue weighted by atomic mass is 32.2. The van der Waals surface area contributed by atoms with Gasteiger partial charge in [0.05, 0.1) is 7.11 Å². The van der Waals surface area contributed by atoms with Gasteiger partial charge in [0.25, 0.3) is 0 Å². The van der Waals surface area contributed by atoms with Gasteiger partial charge < -0.3 is 4.74 Å². The third kappa shape index (κ3) is 4.61. The number of halogens is 2. The van der Waals surface area contributed by atoms with Crippen molar-refractivity contribution >= 4 is 11.8 Å². The molecule has 0 atom stereocenters. The maximum Gasteiger partial charge on any atom is 0.192 e. The molecule has 3 aromatic rings. The molecule has 0 amide bonds. The number of ether oxygens (including phenoxy) is 1. The minimum atomic E-state index is -0.562. The molecule has 0 saturated heterocycles. The van der Waals surface area contributed by atoms with E-state index in [1.54, 1.807) is 7.11 Å². The monoisotopic (exact) mass is 415 g/mol. The predicted octanol–water partition coefficient (Wildman–Crippen LogP) is 6.03. The van der Waals surface area contributed by atoms with Crippen LogP contribution in [0.5, 0.6) is 5.75 Å². The number of hydrogen-bond donors (Lipinski definition) is 0. The molecule has 7 heteroatoms. The van der Waals surface area contributed by atoms with Gasteiger partial charge in [-0.15, -0.1) is 10.2 Å². The van der Waals surface area contributed by atoms with E-state index in [0.717, 1.165) is 41.2 Å². The topological polar surface area (TPSA) is 39.9 Å². The van der Waals surface area contributed by atoms with Crippen LogP contribution in [0.4, 0.5) is 8.78 Å². The standard InChI is InChI=1S/C22H23F2N3OS/c1-28-20-9-7-16(8-10-20)21-25-26-22(27(21)19-5-3-2-4-6-19)29-14-15-11-17(23)13-18(24)12-15/h7-13,19H,2-6,14H2,1H3. The summed E-state index contributed by atoms with van der Waals surface area (Å²) in [4.78, 5) is 0. The number of methoxy groups -OCH3 is 1. The molecule has 1 aliphatic rings. The number of hydrogen-bond acceptors (Lipinski definition) is 4. The fraction of sp³-hybridized carbons (Fsp3) is 0.364. The summed E-state index contributed by atoms with van der Waals surface area (Å²) in [5.41, 5.74) is 1.57. The van der Waals surface area contributed by atoms with E-state index in [-0.39, 0.29) is 0 Å².